The highest BCUT2D eigenvalue weighted by atomic mass is 32.2. The van der Waals surface area contributed by atoms with Gasteiger partial charge in [0.15, 0.2) is 0 Å². The van der Waals surface area contributed by atoms with Gasteiger partial charge in [0, 0.05) is 19.0 Å². The standard InChI is InChI=1S/C13H18N2O3S/c1-10-4-6-12(7-5-10)19(17,18)15-11-3-2-8-14-13(16)9-11/h4-7,11,15H,2-3,8-9H2,1H3,(H,14,16)/t11-/m1/s1. The molecular weight excluding hydrogens is 264 g/mol. The van der Waals surface area contributed by atoms with Gasteiger partial charge in [-0.25, -0.2) is 13.1 Å². The lowest BCUT2D eigenvalue weighted by atomic mass is 10.1. The monoisotopic (exact) mass is 282 g/mol. The van der Waals surface area contributed by atoms with Gasteiger partial charge >= 0.3 is 0 Å². The van der Waals surface area contributed by atoms with Crippen LogP contribution in [0, 0.1) is 6.92 Å². The summed E-state index contributed by atoms with van der Waals surface area (Å²) < 4.78 is 27.0. The zero-order valence-electron chi connectivity index (χ0n) is 10.8. The first-order chi connectivity index (χ1) is 8.97. The molecule has 2 rings (SSSR count). The lowest BCUT2D eigenvalue weighted by Gasteiger charge is -2.15. The average Bonchev–Trinajstić information content (AvgIpc) is 2.53. The van der Waals surface area contributed by atoms with Crippen LogP contribution in [0.15, 0.2) is 29.2 Å². The van der Waals surface area contributed by atoms with Crippen molar-refractivity contribution >= 4 is 15.9 Å². The first kappa shape index (κ1) is 14.0. The van der Waals surface area contributed by atoms with Gasteiger partial charge in [-0.05, 0) is 31.9 Å². The molecule has 104 valence electrons. The van der Waals surface area contributed by atoms with E-state index in [1.165, 1.54) is 0 Å². The van der Waals surface area contributed by atoms with Crippen LogP contribution in [0.3, 0.4) is 0 Å². The van der Waals surface area contributed by atoms with Crippen LogP contribution >= 0.6 is 0 Å². The second-order valence-electron chi connectivity index (χ2n) is 4.83. The Kier molecular flexibility index (Phi) is 4.21. The molecule has 1 aromatic carbocycles. The molecule has 0 spiro atoms. The molecule has 5 nitrogen and oxygen atoms in total. The van der Waals surface area contributed by atoms with Crippen LogP contribution in [0.25, 0.3) is 0 Å². The Hall–Kier alpha value is -1.40. The molecule has 1 aromatic rings. The number of hydrogen-bond donors (Lipinski definition) is 2. The quantitative estimate of drug-likeness (QED) is 0.866. The van der Waals surface area contributed by atoms with E-state index < -0.39 is 10.0 Å². The summed E-state index contributed by atoms with van der Waals surface area (Å²) in [6.45, 7) is 2.51. The maximum absolute atomic E-state index is 12.2. The molecule has 1 heterocycles. The van der Waals surface area contributed by atoms with Crippen LogP contribution in [0.2, 0.25) is 0 Å². The third-order valence-corrected chi connectivity index (χ3v) is 4.67. The number of amides is 1. The Morgan fingerprint density at radius 1 is 1.26 bits per heavy atom. The van der Waals surface area contributed by atoms with E-state index in [1.807, 2.05) is 6.92 Å². The summed E-state index contributed by atoms with van der Waals surface area (Å²) in [5.41, 5.74) is 1.01. The second-order valence-corrected chi connectivity index (χ2v) is 6.54. The highest BCUT2D eigenvalue weighted by molar-refractivity contribution is 7.89. The van der Waals surface area contributed by atoms with Crippen molar-refractivity contribution < 1.29 is 13.2 Å². The lowest BCUT2D eigenvalue weighted by Crippen LogP contribution is -2.36. The zero-order chi connectivity index (χ0) is 13.9. The van der Waals surface area contributed by atoms with E-state index in [0.717, 1.165) is 12.0 Å². The molecule has 0 radical (unpaired) electrons. The Labute approximate surface area is 113 Å². The minimum Gasteiger partial charge on any atom is -0.356 e. The Morgan fingerprint density at radius 3 is 2.63 bits per heavy atom. The SMILES string of the molecule is Cc1ccc(S(=O)(=O)N[C@@H]2CCCNC(=O)C2)cc1. The van der Waals surface area contributed by atoms with Crippen LogP contribution < -0.4 is 10.0 Å². The Bertz CT molecular complexity index is 552. The van der Waals surface area contributed by atoms with Crippen molar-refractivity contribution in [3.63, 3.8) is 0 Å². The predicted octanol–water partition coefficient (Wildman–Crippen LogP) is 0.942. The van der Waals surface area contributed by atoms with Gasteiger partial charge in [-0.3, -0.25) is 4.79 Å². The number of carbonyl (C=O) groups is 1. The minimum atomic E-state index is -3.55. The van der Waals surface area contributed by atoms with Gasteiger partial charge in [0.1, 0.15) is 0 Å². The predicted molar refractivity (Wildman–Crippen MR) is 72.1 cm³/mol. The minimum absolute atomic E-state index is 0.103. The number of rotatable bonds is 3. The van der Waals surface area contributed by atoms with Crippen molar-refractivity contribution in [3.05, 3.63) is 29.8 Å². The summed E-state index contributed by atoms with van der Waals surface area (Å²) >= 11 is 0. The number of carbonyl (C=O) groups excluding carboxylic acids is 1. The maximum atomic E-state index is 12.2. The first-order valence-corrected chi connectivity index (χ1v) is 7.81. The number of hydrogen-bond acceptors (Lipinski definition) is 3. The molecule has 0 bridgehead atoms. The molecule has 0 saturated carbocycles. The third kappa shape index (κ3) is 3.78. The molecule has 1 aliphatic heterocycles. The average molecular weight is 282 g/mol. The normalized spacial score (nSPS) is 20.7. The molecule has 1 atom stereocenters. The van der Waals surface area contributed by atoms with E-state index in [-0.39, 0.29) is 23.3 Å². The van der Waals surface area contributed by atoms with Crippen molar-refractivity contribution in [1.29, 1.82) is 0 Å². The van der Waals surface area contributed by atoms with Crippen LogP contribution in [0.1, 0.15) is 24.8 Å². The lowest BCUT2D eigenvalue weighted by molar-refractivity contribution is -0.121. The van der Waals surface area contributed by atoms with Crippen molar-refractivity contribution in [2.45, 2.75) is 37.1 Å². The highest BCUT2D eigenvalue weighted by Gasteiger charge is 2.23. The number of aryl methyl sites for hydroxylation is 1. The fourth-order valence-electron chi connectivity index (χ4n) is 2.08. The topological polar surface area (TPSA) is 75.3 Å². The number of benzene rings is 1. The molecular formula is C13H18N2O3S. The van der Waals surface area contributed by atoms with Crippen LogP contribution in [-0.2, 0) is 14.8 Å². The Morgan fingerprint density at radius 2 is 1.95 bits per heavy atom. The first-order valence-electron chi connectivity index (χ1n) is 6.33. The zero-order valence-corrected chi connectivity index (χ0v) is 11.7. The fourth-order valence-corrected chi connectivity index (χ4v) is 3.35. The number of sulfonamides is 1. The van der Waals surface area contributed by atoms with Gasteiger partial charge in [-0.1, -0.05) is 17.7 Å². The molecule has 1 aliphatic rings. The molecule has 1 amide bonds. The van der Waals surface area contributed by atoms with E-state index in [1.54, 1.807) is 24.3 Å². The van der Waals surface area contributed by atoms with Crippen molar-refractivity contribution in [2.75, 3.05) is 6.54 Å². The largest absolute Gasteiger partial charge is 0.356 e. The summed E-state index contributed by atoms with van der Waals surface area (Å²) in [5.74, 6) is -0.103. The summed E-state index contributed by atoms with van der Waals surface area (Å²) in [6.07, 6.45) is 1.65. The van der Waals surface area contributed by atoms with Crippen molar-refractivity contribution in [2.24, 2.45) is 0 Å². The maximum Gasteiger partial charge on any atom is 0.240 e. The van der Waals surface area contributed by atoms with E-state index in [9.17, 15) is 13.2 Å². The van der Waals surface area contributed by atoms with Gasteiger partial charge in [-0.2, -0.15) is 0 Å². The van der Waals surface area contributed by atoms with Gasteiger partial charge < -0.3 is 5.32 Å². The van der Waals surface area contributed by atoms with E-state index >= 15 is 0 Å². The van der Waals surface area contributed by atoms with Crippen LogP contribution in [-0.4, -0.2) is 26.9 Å². The molecule has 6 heteroatoms. The molecule has 0 unspecified atom stereocenters. The third-order valence-electron chi connectivity index (χ3n) is 3.14. The van der Waals surface area contributed by atoms with E-state index in [0.29, 0.717) is 13.0 Å². The molecule has 19 heavy (non-hydrogen) atoms. The summed E-state index contributed by atoms with van der Waals surface area (Å²) in [5, 5.41) is 2.73. The van der Waals surface area contributed by atoms with Gasteiger partial charge in [0.2, 0.25) is 15.9 Å². The highest BCUT2D eigenvalue weighted by Crippen LogP contribution is 2.14. The van der Waals surface area contributed by atoms with Crippen molar-refractivity contribution in [1.82, 2.24) is 10.0 Å². The summed E-state index contributed by atoms with van der Waals surface area (Å²) in [6, 6.07) is 6.35. The van der Waals surface area contributed by atoms with E-state index in [2.05, 4.69) is 10.0 Å². The second kappa shape index (κ2) is 5.71. The molecule has 2 N–H and O–H groups in total. The molecule has 0 aromatic heterocycles. The summed E-state index contributed by atoms with van der Waals surface area (Å²) in [4.78, 5) is 11.7. The smallest absolute Gasteiger partial charge is 0.240 e. The fraction of sp³-hybridized carbons (Fsp3) is 0.462. The van der Waals surface area contributed by atoms with Gasteiger partial charge in [0.05, 0.1) is 4.90 Å². The molecule has 1 saturated heterocycles. The van der Waals surface area contributed by atoms with Gasteiger partial charge in [0.25, 0.3) is 0 Å². The van der Waals surface area contributed by atoms with Crippen molar-refractivity contribution in [3.8, 4) is 0 Å². The van der Waals surface area contributed by atoms with Gasteiger partial charge in [-0.15, -0.1) is 0 Å². The molecule has 1 fully saturated rings. The van der Waals surface area contributed by atoms with Crippen LogP contribution in [0.4, 0.5) is 0 Å². The summed E-state index contributed by atoms with van der Waals surface area (Å²) in [7, 11) is -3.55. The Balaban J connectivity index is 2.12. The molecule has 0 aliphatic carbocycles. The van der Waals surface area contributed by atoms with E-state index in [4.69, 9.17) is 0 Å². The number of nitrogens with one attached hydrogen (secondary N) is 2. The van der Waals surface area contributed by atoms with Crippen LogP contribution in [0.5, 0.6) is 0 Å².